The zero-order valence-corrected chi connectivity index (χ0v) is 16.5. The van der Waals surface area contributed by atoms with Gasteiger partial charge < -0.3 is 9.47 Å². The third-order valence-electron chi connectivity index (χ3n) is 4.42. The van der Waals surface area contributed by atoms with Crippen molar-refractivity contribution in [3.05, 3.63) is 106 Å². The molecular formula is C24H18ClNO3. The van der Waals surface area contributed by atoms with Crippen LogP contribution >= 0.6 is 11.6 Å². The molecule has 0 unspecified atom stereocenters. The number of halogens is 1. The molecule has 1 heterocycles. The SMILES string of the molecule is Cc1ccc(COc2ccccc2C=C2N=C(c3cccc(Cl)c3)OC2=O)cc1. The summed E-state index contributed by atoms with van der Waals surface area (Å²) in [7, 11) is 0. The van der Waals surface area contributed by atoms with Gasteiger partial charge in [0.15, 0.2) is 5.70 Å². The zero-order chi connectivity index (χ0) is 20.2. The van der Waals surface area contributed by atoms with Crippen LogP contribution in [0.5, 0.6) is 5.75 Å². The number of cyclic esters (lactones) is 1. The second-order valence-electron chi connectivity index (χ2n) is 6.66. The normalized spacial score (nSPS) is 14.6. The summed E-state index contributed by atoms with van der Waals surface area (Å²) in [5.41, 5.74) is 3.89. The predicted molar refractivity (Wildman–Crippen MR) is 114 cm³/mol. The van der Waals surface area contributed by atoms with Crippen molar-refractivity contribution in [2.24, 2.45) is 4.99 Å². The second kappa shape index (κ2) is 8.33. The molecule has 0 aromatic heterocycles. The number of rotatable bonds is 5. The number of aliphatic imine (C=N–C) groups is 1. The number of esters is 1. The Hall–Kier alpha value is -3.37. The number of carbonyl (C=O) groups excluding carboxylic acids is 1. The van der Waals surface area contributed by atoms with Crippen molar-refractivity contribution in [1.29, 1.82) is 0 Å². The van der Waals surface area contributed by atoms with Crippen LogP contribution in [0.25, 0.3) is 6.08 Å². The Morgan fingerprint density at radius 3 is 2.62 bits per heavy atom. The number of nitrogens with zero attached hydrogens (tertiary/aromatic N) is 1. The van der Waals surface area contributed by atoms with Crippen LogP contribution in [0.15, 0.2) is 83.5 Å². The highest BCUT2D eigenvalue weighted by molar-refractivity contribution is 6.31. The summed E-state index contributed by atoms with van der Waals surface area (Å²) in [4.78, 5) is 16.6. The smallest absolute Gasteiger partial charge is 0.363 e. The summed E-state index contributed by atoms with van der Waals surface area (Å²) in [6, 6.07) is 22.7. The van der Waals surface area contributed by atoms with E-state index in [-0.39, 0.29) is 11.6 Å². The second-order valence-corrected chi connectivity index (χ2v) is 7.09. The molecule has 4 rings (SSSR count). The molecule has 0 N–H and O–H groups in total. The maximum atomic E-state index is 12.3. The molecule has 0 radical (unpaired) electrons. The van der Waals surface area contributed by atoms with Crippen molar-refractivity contribution in [2.75, 3.05) is 0 Å². The van der Waals surface area contributed by atoms with Gasteiger partial charge in [0.05, 0.1) is 0 Å². The Morgan fingerprint density at radius 2 is 1.83 bits per heavy atom. The van der Waals surface area contributed by atoms with E-state index in [1.807, 2.05) is 55.5 Å². The summed E-state index contributed by atoms with van der Waals surface area (Å²) >= 11 is 6.01. The molecule has 0 saturated carbocycles. The lowest BCUT2D eigenvalue weighted by atomic mass is 10.1. The first-order valence-corrected chi connectivity index (χ1v) is 9.52. The lowest BCUT2D eigenvalue weighted by Crippen LogP contribution is -2.05. The van der Waals surface area contributed by atoms with Crippen LogP contribution < -0.4 is 4.74 Å². The van der Waals surface area contributed by atoms with Gasteiger partial charge in [0.25, 0.3) is 0 Å². The van der Waals surface area contributed by atoms with Crippen molar-refractivity contribution in [3.8, 4) is 5.75 Å². The molecule has 0 bridgehead atoms. The minimum Gasteiger partial charge on any atom is -0.488 e. The van der Waals surface area contributed by atoms with Crippen molar-refractivity contribution < 1.29 is 14.3 Å². The fourth-order valence-electron chi connectivity index (χ4n) is 2.88. The molecule has 1 aliphatic rings. The first kappa shape index (κ1) is 19.0. The molecule has 0 aliphatic carbocycles. The molecule has 0 amide bonds. The highest BCUT2D eigenvalue weighted by Crippen LogP contribution is 2.26. The van der Waals surface area contributed by atoms with E-state index in [9.17, 15) is 4.79 Å². The molecule has 3 aromatic carbocycles. The Kier molecular flexibility index (Phi) is 5.45. The first-order valence-electron chi connectivity index (χ1n) is 9.14. The molecule has 0 saturated heterocycles. The van der Waals surface area contributed by atoms with E-state index in [0.717, 1.165) is 11.1 Å². The van der Waals surface area contributed by atoms with Crippen LogP contribution in [-0.4, -0.2) is 11.9 Å². The van der Waals surface area contributed by atoms with E-state index in [1.54, 1.807) is 30.3 Å². The number of para-hydroxylation sites is 1. The van der Waals surface area contributed by atoms with Crippen LogP contribution in [0.4, 0.5) is 0 Å². The van der Waals surface area contributed by atoms with Crippen LogP contribution in [-0.2, 0) is 16.1 Å². The fourth-order valence-corrected chi connectivity index (χ4v) is 3.07. The van der Waals surface area contributed by atoms with E-state index < -0.39 is 5.97 Å². The topological polar surface area (TPSA) is 47.9 Å². The number of hydrogen-bond acceptors (Lipinski definition) is 4. The minimum absolute atomic E-state index is 0.214. The highest BCUT2D eigenvalue weighted by atomic mass is 35.5. The van der Waals surface area contributed by atoms with Gasteiger partial charge in [-0.2, -0.15) is 0 Å². The van der Waals surface area contributed by atoms with Crippen molar-refractivity contribution in [3.63, 3.8) is 0 Å². The van der Waals surface area contributed by atoms with Gasteiger partial charge in [-0.05, 0) is 42.8 Å². The molecule has 4 nitrogen and oxygen atoms in total. The molecule has 0 spiro atoms. The number of ether oxygens (including phenoxy) is 2. The van der Waals surface area contributed by atoms with Gasteiger partial charge in [-0.1, -0.05) is 65.7 Å². The van der Waals surface area contributed by atoms with Gasteiger partial charge in [0.2, 0.25) is 5.90 Å². The molecule has 144 valence electrons. The number of hydrogen-bond donors (Lipinski definition) is 0. The molecule has 3 aromatic rings. The number of carbonyl (C=O) groups is 1. The lowest BCUT2D eigenvalue weighted by Gasteiger charge is -2.09. The Bertz CT molecular complexity index is 1120. The van der Waals surface area contributed by atoms with Gasteiger partial charge >= 0.3 is 5.97 Å². The molecule has 5 heteroatoms. The standard InChI is InChI=1S/C24H18ClNO3/c1-16-9-11-17(12-10-16)15-28-22-8-3-2-5-18(22)14-21-24(27)29-23(26-21)19-6-4-7-20(25)13-19/h2-14H,15H2,1H3. The third-order valence-corrected chi connectivity index (χ3v) is 4.65. The fraction of sp³-hybridized carbons (Fsp3) is 0.0833. The summed E-state index contributed by atoms with van der Waals surface area (Å²) in [6.07, 6.45) is 1.67. The average Bonchev–Trinajstić information content (AvgIpc) is 3.09. The lowest BCUT2D eigenvalue weighted by molar-refractivity contribution is -0.129. The van der Waals surface area contributed by atoms with E-state index in [0.29, 0.717) is 22.9 Å². The third kappa shape index (κ3) is 4.55. The largest absolute Gasteiger partial charge is 0.488 e. The van der Waals surface area contributed by atoms with E-state index >= 15 is 0 Å². The minimum atomic E-state index is -0.506. The number of benzene rings is 3. The van der Waals surface area contributed by atoms with Crippen molar-refractivity contribution >= 4 is 29.5 Å². The van der Waals surface area contributed by atoms with E-state index in [2.05, 4.69) is 4.99 Å². The first-order chi connectivity index (χ1) is 14.1. The summed E-state index contributed by atoms with van der Waals surface area (Å²) in [5.74, 6) is 0.398. The predicted octanol–water partition coefficient (Wildman–Crippen LogP) is 5.57. The molecule has 29 heavy (non-hydrogen) atoms. The zero-order valence-electron chi connectivity index (χ0n) is 15.8. The van der Waals surface area contributed by atoms with Gasteiger partial charge in [0.1, 0.15) is 12.4 Å². The van der Waals surface area contributed by atoms with Gasteiger partial charge in [-0.25, -0.2) is 9.79 Å². The average molecular weight is 404 g/mol. The maximum Gasteiger partial charge on any atom is 0.363 e. The van der Waals surface area contributed by atoms with Gasteiger partial charge in [-0.15, -0.1) is 0 Å². The van der Waals surface area contributed by atoms with Crippen LogP contribution in [0.3, 0.4) is 0 Å². The molecular weight excluding hydrogens is 386 g/mol. The van der Waals surface area contributed by atoms with Crippen LogP contribution in [0.1, 0.15) is 22.3 Å². The van der Waals surface area contributed by atoms with E-state index in [1.165, 1.54) is 5.56 Å². The molecule has 1 aliphatic heterocycles. The number of aryl methyl sites for hydroxylation is 1. The Labute approximate surface area is 174 Å². The Balaban J connectivity index is 1.57. The molecule has 0 fully saturated rings. The Morgan fingerprint density at radius 1 is 1.03 bits per heavy atom. The quantitative estimate of drug-likeness (QED) is 0.413. The summed E-state index contributed by atoms with van der Waals surface area (Å²) < 4.78 is 11.3. The van der Waals surface area contributed by atoms with E-state index in [4.69, 9.17) is 21.1 Å². The highest BCUT2D eigenvalue weighted by Gasteiger charge is 2.24. The van der Waals surface area contributed by atoms with Crippen LogP contribution in [0, 0.1) is 6.92 Å². The molecule has 0 atom stereocenters. The maximum absolute atomic E-state index is 12.3. The van der Waals surface area contributed by atoms with Crippen molar-refractivity contribution in [2.45, 2.75) is 13.5 Å². The van der Waals surface area contributed by atoms with Gasteiger partial charge in [0, 0.05) is 16.1 Å². The van der Waals surface area contributed by atoms with Crippen LogP contribution in [0.2, 0.25) is 5.02 Å². The summed E-state index contributed by atoms with van der Waals surface area (Å²) in [5, 5.41) is 0.550. The van der Waals surface area contributed by atoms with Gasteiger partial charge in [-0.3, -0.25) is 0 Å². The summed E-state index contributed by atoms with van der Waals surface area (Å²) in [6.45, 7) is 2.48. The van der Waals surface area contributed by atoms with Crippen molar-refractivity contribution in [1.82, 2.24) is 0 Å². The monoisotopic (exact) mass is 403 g/mol.